The second-order valence-electron chi connectivity index (χ2n) is 5.32. The molecule has 0 aliphatic carbocycles. The number of fused-ring (bicyclic) bond motifs is 1. The van der Waals surface area contributed by atoms with Gasteiger partial charge in [0.15, 0.2) is 0 Å². The van der Waals surface area contributed by atoms with Crippen molar-refractivity contribution in [3.05, 3.63) is 65.9 Å². The Morgan fingerprint density at radius 3 is 2.65 bits per heavy atom. The van der Waals surface area contributed by atoms with Crippen molar-refractivity contribution >= 4 is 16.9 Å². The first-order valence-corrected chi connectivity index (χ1v) is 7.22. The molecule has 1 atom stereocenters. The highest BCUT2D eigenvalue weighted by Gasteiger charge is 2.19. The number of halogens is 1. The summed E-state index contributed by atoms with van der Waals surface area (Å²) in [7, 11) is 0. The van der Waals surface area contributed by atoms with Gasteiger partial charge in [-0.2, -0.15) is 4.39 Å². The number of hydrogen-bond donors (Lipinski definition) is 1. The molecular formula is C18H16FNO3. The largest absolute Gasteiger partial charge is 0.476 e. The van der Waals surface area contributed by atoms with Crippen molar-refractivity contribution in [3.8, 4) is 5.75 Å². The minimum absolute atomic E-state index is 0.229. The molecule has 5 heteroatoms. The number of benzene rings is 2. The smallest absolute Gasteiger partial charge is 0.378 e. The maximum atomic E-state index is 13.4. The van der Waals surface area contributed by atoms with E-state index in [1.54, 1.807) is 12.1 Å². The third-order valence-electron chi connectivity index (χ3n) is 3.72. The number of aliphatic carboxylic acids is 1. The van der Waals surface area contributed by atoms with E-state index in [1.807, 2.05) is 49.4 Å². The summed E-state index contributed by atoms with van der Waals surface area (Å²) in [6, 6.07) is 17.1. The third-order valence-corrected chi connectivity index (χ3v) is 3.72. The zero-order chi connectivity index (χ0) is 16.4. The summed E-state index contributed by atoms with van der Waals surface area (Å²) in [6.07, 6.45) is -2.38. The molecule has 3 rings (SSSR count). The third kappa shape index (κ3) is 3.04. The molecule has 0 radical (unpaired) electrons. The van der Waals surface area contributed by atoms with Crippen LogP contribution in [0, 0.1) is 6.92 Å². The summed E-state index contributed by atoms with van der Waals surface area (Å²) in [4.78, 5) is 10.6. The summed E-state index contributed by atoms with van der Waals surface area (Å²) >= 11 is 0. The van der Waals surface area contributed by atoms with Crippen molar-refractivity contribution in [2.45, 2.75) is 19.8 Å². The van der Waals surface area contributed by atoms with Crippen molar-refractivity contribution in [3.63, 3.8) is 0 Å². The average Bonchev–Trinajstić information content (AvgIpc) is 2.85. The molecule has 0 fully saturated rings. The van der Waals surface area contributed by atoms with Crippen molar-refractivity contribution in [2.75, 3.05) is 0 Å². The molecule has 118 valence electrons. The highest BCUT2D eigenvalue weighted by Crippen LogP contribution is 2.30. The average molecular weight is 313 g/mol. The summed E-state index contributed by atoms with van der Waals surface area (Å²) in [6.45, 7) is 2.63. The maximum absolute atomic E-state index is 13.4. The van der Waals surface area contributed by atoms with Gasteiger partial charge in [-0.25, -0.2) is 4.79 Å². The maximum Gasteiger partial charge on any atom is 0.378 e. The van der Waals surface area contributed by atoms with E-state index in [9.17, 15) is 9.18 Å². The van der Waals surface area contributed by atoms with Crippen molar-refractivity contribution in [2.24, 2.45) is 0 Å². The molecule has 1 aromatic heterocycles. The fourth-order valence-corrected chi connectivity index (χ4v) is 2.63. The predicted molar refractivity (Wildman–Crippen MR) is 85.4 cm³/mol. The van der Waals surface area contributed by atoms with Crippen LogP contribution >= 0.6 is 0 Å². The first kappa shape index (κ1) is 15.1. The number of aryl methyl sites for hydroxylation is 1. The fraction of sp³-hybridized carbons (Fsp3) is 0.167. The highest BCUT2D eigenvalue weighted by atomic mass is 19.1. The van der Waals surface area contributed by atoms with Crippen molar-refractivity contribution in [1.29, 1.82) is 0 Å². The first-order valence-electron chi connectivity index (χ1n) is 7.22. The molecule has 0 aliphatic rings. The van der Waals surface area contributed by atoms with Crippen molar-refractivity contribution < 1.29 is 19.0 Å². The van der Waals surface area contributed by atoms with Gasteiger partial charge in [0.05, 0.1) is 5.52 Å². The predicted octanol–water partition coefficient (Wildman–Crippen LogP) is 3.76. The first-order chi connectivity index (χ1) is 11.1. The zero-order valence-electron chi connectivity index (χ0n) is 12.6. The topological polar surface area (TPSA) is 51.5 Å². The lowest BCUT2D eigenvalue weighted by Gasteiger charge is -2.10. The number of aromatic nitrogens is 1. The zero-order valence-corrected chi connectivity index (χ0v) is 12.6. The lowest BCUT2D eigenvalue weighted by Crippen LogP contribution is -2.21. The van der Waals surface area contributed by atoms with Crippen LogP contribution in [0.25, 0.3) is 10.9 Å². The molecule has 0 spiro atoms. The van der Waals surface area contributed by atoms with Gasteiger partial charge in [-0.05, 0) is 30.7 Å². The van der Waals surface area contributed by atoms with Crippen LogP contribution in [0.1, 0.15) is 11.3 Å². The van der Waals surface area contributed by atoms with E-state index in [0.717, 1.165) is 16.8 Å². The normalized spacial score (nSPS) is 12.3. The van der Waals surface area contributed by atoms with Gasteiger partial charge in [0.25, 0.3) is 0 Å². The van der Waals surface area contributed by atoms with E-state index in [1.165, 1.54) is 0 Å². The molecule has 1 heterocycles. The standard InChI is InChI=1S/C18H16FNO3/c1-12-10-14-15(20(12)11-13-6-3-2-4-7-13)8-5-9-16(14)23-17(19)18(21)22/h2-10,17H,11H2,1H3,(H,21,22). The Kier molecular flexibility index (Phi) is 4.02. The van der Waals surface area contributed by atoms with E-state index >= 15 is 0 Å². The van der Waals surface area contributed by atoms with E-state index in [2.05, 4.69) is 4.57 Å². The molecule has 0 amide bonds. The van der Waals surface area contributed by atoms with Crippen LogP contribution in [0.4, 0.5) is 4.39 Å². The number of carbonyl (C=O) groups is 1. The Morgan fingerprint density at radius 2 is 1.96 bits per heavy atom. The minimum Gasteiger partial charge on any atom is -0.476 e. The molecule has 1 N–H and O–H groups in total. The van der Waals surface area contributed by atoms with Gasteiger partial charge in [-0.15, -0.1) is 0 Å². The van der Waals surface area contributed by atoms with Crippen LogP contribution in [0.5, 0.6) is 5.75 Å². The van der Waals surface area contributed by atoms with E-state index < -0.39 is 12.3 Å². The van der Waals surface area contributed by atoms with Gasteiger partial charge in [-0.1, -0.05) is 36.4 Å². The van der Waals surface area contributed by atoms with E-state index in [4.69, 9.17) is 9.84 Å². The molecular weight excluding hydrogens is 297 g/mol. The SMILES string of the molecule is Cc1cc2c(OC(F)C(=O)O)cccc2n1Cc1ccccc1. The Labute approximate surface area is 132 Å². The van der Waals surface area contributed by atoms with E-state index in [0.29, 0.717) is 11.9 Å². The number of nitrogens with zero attached hydrogens (tertiary/aromatic N) is 1. The number of alkyl halides is 1. The quantitative estimate of drug-likeness (QED) is 0.780. The lowest BCUT2D eigenvalue weighted by molar-refractivity contribution is -0.153. The van der Waals surface area contributed by atoms with Crippen LogP contribution in [0.2, 0.25) is 0 Å². The van der Waals surface area contributed by atoms with Gasteiger partial charge in [0, 0.05) is 17.6 Å². The molecule has 0 saturated carbocycles. The lowest BCUT2D eigenvalue weighted by atomic mass is 10.2. The number of ether oxygens (including phenoxy) is 1. The Morgan fingerprint density at radius 1 is 1.22 bits per heavy atom. The second kappa shape index (κ2) is 6.12. The van der Waals surface area contributed by atoms with Gasteiger partial charge in [0.1, 0.15) is 5.75 Å². The van der Waals surface area contributed by atoms with Crippen LogP contribution in [0.3, 0.4) is 0 Å². The van der Waals surface area contributed by atoms with Crippen LogP contribution in [-0.2, 0) is 11.3 Å². The summed E-state index contributed by atoms with van der Waals surface area (Å²) in [5, 5.41) is 9.36. The number of carboxylic acids is 1. The van der Waals surface area contributed by atoms with Gasteiger partial charge in [-0.3, -0.25) is 0 Å². The summed E-state index contributed by atoms with van der Waals surface area (Å²) < 4.78 is 20.4. The molecule has 0 bridgehead atoms. The van der Waals surface area contributed by atoms with Crippen LogP contribution in [-0.4, -0.2) is 22.0 Å². The van der Waals surface area contributed by atoms with Gasteiger partial charge in [0.2, 0.25) is 0 Å². The fourth-order valence-electron chi connectivity index (χ4n) is 2.63. The highest BCUT2D eigenvalue weighted by molar-refractivity contribution is 5.88. The Hall–Kier alpha value is -2.82. The second-order valence-corrected chi connectivity index (χ2v) is 5.32. The monoisotopic (exact) mass is 313 g/mol. The number of hydrogen-bond acceptors (Lipinski definition) is 2. The van der Waals surface area contributed by atoms with Gasteiger partial charge < -0.3 is 14.4 Å². The molecule has 4 nitrogen and oxygen atoms in total. The number of rotatable bonds is 5. The van der Waals surface area contributed by atoms with Crippen LogP contribution < -0.4 is 4.74 Å². The molecule has 0 saturated heterocycles. The van der Waals surface area contributed by atoms with Crippen molar-refractivity contribution in [1.82, 2.24) is 4.57 Å². The molecule has 0 aliphatic heterocycles. The Bertz CT molecular complexity index is 842. The molecule has 2 aromatic carbocycles. The summed E-state index contributed by atoms with van der Waals surface area (Å²) in [5.74, 6) is -1.41. The minimum atomic E-state index is -2.38. The van der Waals surface area contributed by atoms with Crippen LogP contribution in [0.15, 0.2) is 54.6 Å². The van der Waals surface area contributed by atoms with E-state index in [-0.39, 0.29) is 5.75 Å². The molecule has 23 heavy (non-hydrogen) atoms. The molecule has 1 unspecified atom stereocenters. The Balaban J connectivity index is 2.01. The summed E-state index contributed by atoms with van der Waals surface area (Å²) in [5.41, 5.74) is 3.01. The molecule has 3 aromatic rings. The van der Waals surface area contributed by atoms with Gasteiger partial charge >= 0.3 is 12.3 Å². The number of carboxylic acid groups (broad SMARTS) is 1.